The SMILES string of the molecule is CC(=O)CCc1ccc(Oc2ccc(S(=O)(=O)C(F)(F)F)cc2[N+](=O)[O-])cc1. The number of ether oxygens (including phenoxy) is 1. The zero-order valence-corrected chi connectivity index (χ0v) is 15.2. The molecular formula is C17H14F3NO6S. The summed E-state index contributed by atoms with van der Waals surface area (Å²) < 4.78 is 66.1. The highest BCUT2D eigenvalue weighted by atomic mass is 32.2. The molecule has 0 atom stereocenters. The highest BCUT2D eigenvalue weighted by Gasteiger charge is 2.47. The van der Waals surface area contributed by atoms with E-state index in [1.54, 1.807) is 12.1 Å². The molecule has 0 radical (unpaired) electrons. The molecule has 0 aromatic heterocycles. The Kier molecular flexibility index (Phi) is 6.07. The average molecular weight is 417 g/mol. The molecule has 2 aromatic rings. The van der Waals surface area contributed by atoms with Crippen molar-refractivity contribution in [2.24, 2.45) is 0 Å². The number of rotatable bonds is 7. The van der Waals surface area contributed by atoms with E-state index < -0.39 is 36.6 Å². The summed E-state index contributed by atoms with van der Waals surface area (Å²) >= 11 is 0. The smallest absolute Gasteiger partial charge is 0.450 e. The van der Waals surface area contributed by atoms with E-state index in [-0.39, 0.29) is 11.5 Å². The van der Waals surface area contributed by atoms with Crippen molar-refractivity contribution in [3.05, 3.63) is 58.1 Å². The van der Waals surface area contributed by atoms with Crippen LogP contribution in [0.4, 0.5) is 18.9 Å². The third kappa shape index (κ3) is 4.85. The van der Waals surface area contributed by atoms with Gasteiger partial charge in [0.2, 0.25) is 5.75 Å². The first kappa shape index (κ1) is 21.4. The Hall–Kier alpha value is -2.95. The van der Waals surface area contributed by atoms with E-state index in [1.165, 1.54) is 19.1 Å². The molecule has 0 unspecified atom stereocenters. The van der Waals surface area contributed by atoms with Gasteiger partial charge in [0.05, 0.1) is 9.82 Å². The summed E-state index contributed by atoms with van der Waals surface area (Å²) in [7, 11) is -5.73. The second kappa shape index (κ2) is 7.97. The van der Waals surface area contributed by atoms with Crippen LogP contribution in [-0.4, -0.2) is 24.6 Å². The number of aryl methyl sites for hydroxylation is 1. The van der Waals surface area contributed by atoms with Crippen LogP contribution < -0.4 is 4.74 Å². The Labute approximate surface area is 157 Å². The van der Waals surface area contributed by atoms with E-state index in [1.807, 2.05) is 0 Å². The third-order valence-corrected chi connectivity index (χ3v) is 5.14. The first-order chi connectivity index (χ1) is 12.9. The van der Waals surface area contributed by atoms with Crippen LogP contribution in [0.1, 0.15) is 18.9 Å². The fourth-order valence-corrected chi connectivity index (χ4v) is 2.98. The number of carbonyl (C=O) groups excluding carboxylic acids is 1. The molecular weight excluding hydrogens is 403 g/mol. The van der Waals surface area contributed by atoms with Crippen LogP contribution in [-0.2, 0) is 21.1 Å². The predicted molar refractivity (Wildman–Crippen MR) is 91.9 cm³/mol. The molecule has 0 N–H and O–H groups in total. The van der Waals surface area contributed by atoms with Crippen LogP contribution in [0.2, 0.25) is 0 Å². The van der Waals surface area contributed by atoms with Gasteiger partial charge in [0.15, 0.2) is 0 Å². The van der Waals surface area contributed by atoms with Gasteiger partial charge in [-0.15, -0.1) is 0 Å². The number of benzene rings is 2. The van der Waals surface area contributed by atoms with E-state index in [4.69, 9.17) is 4.74 Å². The summed E-state index contributed by atoms with van der Waals surface area (Å²) in [5.41, 5.74) is -5.69. The molecule has 0 fully saturated rings. The van der Waals surface area contributed by atoms with Gasteiger partial charge >= 0.3 is 11.2 Å². The molecule has 11 heteroatoms. The maximum absolute atomic E-state index is 12.6. The summed E-state index contributed by atoms with van der Waals surface area (Å²) in [4.78, 5) is 19.9. The minimum absolute atomic E-state index is 0.0184. The fourth-order valence-electron chi connectivity index (χ4n) is 2.20. The van der Waals surface area contributed by atoms with Crippen molar-refractivity contribution in [3.8, 4) is 11.5 Å². The molecule has 0 saturated carbocycles. The van der Waals surface area contributed by atoms with Crippen LogP contribution in [0, 0.1) is 10.1 Å². The summed E-state index contributed by atoms with van der Waals surface area (Å²) in [5, 5.41) is 11.2. The molecule has 28 heavy (non-hydrogen) atoms. The van der Waals surface area contributed by atoms with Crippen molar-refractivity contribution in [1.29, 1.82) is 0 Å². The van der Waals surface area contributed by atoms with Crippen molar-refractivity contribution in [2.75, 3.05) is 0 Å². The number of hydrogen-bond donors (Lipinski definition) is 0. The number of Topliss-reactive ketones (excluding diaryl/α,β-unsaturated/α-hetero) is 1. The lowest BCUT2D eigenvalue weighted by Crippen LogP contribution is -2.23. The predicted octanol–water partition coefficient (Wildman–Crippen LogP) is 4.20. The summed E-state index contributed by atoms with van der Waals surface area (Å²) in [6.07, 6.45) is 0.848. The number of sulfone groups is 1. The summed E-state index contributed by atoms with van der Waals surface area (Å²) in [6.45, 7) is 1.46. The number of hydrogen-bond acceptors (Lipinski definition) is 6. The van der Waals surface area contributed by atoms with Crippen molar-refractivity contribution in [1.82, 2.24) is 0 Å². The Morgan fingerprint density at radius 1 is 1.14 bits per heavy atom. The van der Waals surface area contributed by atoms with Gasteiger partial charge in [0.1, 0.15) is 11.5 Å². The quantitative estimate of drug-likeness (QED) is 0.494. The molecule has 2 rings (SSSR count). The molecule has 0 saturated heterocycles. The number of carbonyl (C=O) groups is 1. The molecule has 0 heterocycles. The van der Waals surface area contributed by atoms with Gasteiger partial charge < -0.3 is 9.53 Å². The third-order valence-electron chi connectivity index (χ3n) is 3.66. The monoisotopic (exact) mass is 417 g/mol. The van der Waals surface area contributed by atoms with Crippen LogP contribution in [0.25, 0.3) is 0 Å². The van der Waals surface area contributed by atoms with Gasteiger partial charge in [-0.2, -0.15) is 13.2 Å². The van der Waals surface area contributed by atoms with Gasteiger partial charge in [-0.25, -0.2) is 8.42 Å². The fraction of sp³-hybridized carbons (Fsp3) is 0.235. The topological polar surface area (TPSA) is 104 Å². The number of nitrogens with zero attached hydrogens (tertiary/aromatic N) is 1. The summed E-state index contributed by atoms with van der Waals surface area (Å²) in [6, 6.07) is 7.89. The van der Waals surface area contributed by atoms with Crippen LogP contribution >= 0.6 is 0 Å². The number of nitro groups is 1. The average Bonchev–Trinajstić information content (AvgIpc) is 2.60. The first-order valence-corrected chi connectivity index (χ1v) is 9.26. The minimum Gasteiger partial charge on any atom is -0.450 e. The number of ketones is 1. The Morgan fingerprint density at radius 2 is 1.75 bits per heavy atom. The van der Waals surface area contributed by atoms with Crippen molar-refractivity contribution < 1.29 is 36.0 Å². The summed E-state index contributed by atoms with van der Waals surface area (Å²) in [5.74, 6) is -0.242. The Morgan fingerprint density at radius 3 is 2.25 bits per heavy atom. The van der Waals surface area contributed by atoms with E-state index >= 15 is 0 Å². The van der Waals surface area contributed by atoms with E-state index in [2.05, 4.69) is 0 Å². The second-order valence-corrected chi connectivity index (χ2v) is 7.73. The van der Waals surface area contributed by atoms with Gasteiger partial charge in [-0.05, 0) is 43.2 Å². The number of halogens is 3. The Balaban J connectivity index is 2.31. The van der Waals surface area contributed by atoms with Crippen molar-refractivity contribution in [2.45, 2.75) is 30.2 Å². The van der Waals surface area contributed by atoms with E-state index in [9.17, 15) is 36.5 Å². The van der Waals surface area contributed by atoms with E-state index in [0.717, 1.165) is 11.6 Å². The van der Waals surface area contributed by atoms with Gasteiger partial charge in [-0.1, -0.05) is 12.1 Å². The maximum atomic E-state index is 12.6. The lowest BCUT2D eigenvalue weighted by atomic mass is 10.1. The van der Waals surface area contributed by atoms with Gasteiger partial charge in [0.25, 0.3) is 9.84 Å². The van der Waals surface area contributed by atoms with Crippen LogP contribution in [0.15, 0.2) is 47.4 Å². The minimum atomic E-state index is -5.73. The normalized spacial score (nSPS) is 11.9. The second-order valence-electron chi connectivity index (χ2n) is 5.78. The van der Waals surface area contributed by atoms with Gasteiger partial charge in [-0.3, -0.25) is 10.1 Å². The molecule has 150 valence electrons. The molecule has 0 bridgehead atoms. The number of alkyl halides is 3. The highest BCUT2D eigenvalue weighted by Crippen LogP contribution is 2.37. The zero-order valence-electron chi connectivity index (χ0n) is 14.4. The van der Waals surface area contributed by atoms with Crippen molar-refractivity contribution >= 4 is 21.3 Å². The standard InChI is InChI=1S/C17H14F3NO6S/c1-11(22)2-3-12-4-6-13(7-5-12)27-16-9-8-14(10-15(16)21(23)24)28(25,26)17(18,19)20/h4-10H,2-3H2,1H3. The molecule has 0 aliphatic heterocycles. The molecule has 0 aliphatic rings. The number of nitro benzene ring substituents is 1. The lowest BCUT2D eigenvalue weighted by molar-refractivity contribution is -0.385. The molecule has 0 aliphatic carbocycles. The molecule has 0 amide bonds. The van der Waals surface area contributed by atoms with Crippen molar-refractivity contribution in [3.63, 3.8) is 0 Å². The maximum Gasteiger partial charge on any atom is 0.501 e. The van der Waals surface area contributed by atoms with E-state index in [0.29, 0.717) is 25.0 Å². The Bertz CT molecular complexity index is 1000. The molecule has 0 spiro atoms. The highest BCUT2D eigenvalue weighted by molar-refractivity contribution is 7.92. The van der Waals surface area contributed by atoms with Crippen LogP contribution in [0.3, 0.4) is 0 Å². The lowest BCUT2D eigenvalue weighted by Gasteiger charge is -2.10. The first-order valence-electron chi connectivity index (χ1n) is 7.78. The van der Waals surface area contributed by atoms with Gasteiger partial charge in [0, 0.05) is 12.5 Å². The molecule has 7 nitrogen and oxygen atoms in total. The zero-order chi connectivity index (χ0) is 21.1. The largest absolute Gasteiger partial charge is 0.501 e. The van der Waals surface area contributed by atoms with Crippen LogP contribution in [0.5, 0.6) is 11.5 Å². The molecule has 2 aromatic carbocycles.